The van der Waals surface area contributed by atoms with E-state index in [0.717, 1.165) is 19.6 Å². The number of hydrogen-bond acceptors (Lipinski definition) is 3. The van der Waals surface area contributed by atoms with Crippen molar-refractivity contribution < 1.29 is 13.9 Å². The first-order valence-corrected chi connectivity index (χ1v) is 8.37. The van der Waals surface area contributed by atoms with Crippen LogP contribution in [0.5, 0.6) is 0 Å². The number of carbonyl (C=O) groups is 1. The molecular formula is C19H22FN3O2. The minimum absolute atomic E-state index is 0.0450. The second-order valence-corrected chi connectivity index (χ2v) is 6.06. The first-order valence-electron chi connectivity index (χ1n) is 8.37. The quantitative estimate of drug-likeness (QED) is 0.878. The third kappa shape index (κ3) is 5.55. The van der Waals surface area contributed by atoms with E-state index in [2.05, 4.69) is 27.7 Å². The molecule has 25 heavy (non-hydrogen) atoms. The molecule has 6 heteroatoms. The average Bonchev–Trinajstić information content (AvgIpc) is 2.63. The van der Waals surface area contributed by atoms with Crippen LogP contribution in [0.2, 0.25) is 0 Å². The van der Waals surface area contributed by atoms with Gasteiger partial charge in [-0.25, -0.2) is 9.18 Å². The predicted molar refractivity (Wildman–Crippen MR) is 94.9 cm³/mol. The van der Waals surface area contributed by atoms with Gasteiger partial charge in [-0.05, 0) is 29.8 Å². The van der Waals surface area contributed by atoms with Crippen LogP contribution in [0, 0.1) is 5.82 Å². The Bertz CT molecular complexity index is 679. The predicted octanol–water partition coefficient (Wildman–Crippen LogP) is 2.85. The fourth-order valence-electron chi connectivity index (χ4n) is 2.80. The zero-order valence-electron chi connectivity index (χ0n) is 14.0. The highest BCUT2D eigenvalue weighted by atomic mass is 19.1. The first kappa shape index (κ1) is 17.4. The molecule has 2 aromatic carbocycles. The van der Waals surface area contributed by atoms with Crippen molar-refractivity contribution in [1.29, 1.82) is 0 Å². The summed E-state index contributed by atoms with van der Waals surface area (Å²) in [5, 5.41) is 5.48. The summed E-state index contributed by atoms with van der Waals surface area (Å²) in [4.78, 5) is 14.2. The summed E-state index contributed by atoms with van der Waals surface area (Å²) in [6.45, 7) is 3.61. The number of rotatable bonds is 5. The monoisotopic (exact) mass is 343 g/mol. The first-order chi connectivity index (χ1) is 12.2. The number of amides is 2. The molecule has 1 heterocycles. The minimum atomic E-state index is -0.333. The summed E-state index contributed by atoms with van der Waals surface area (Å²) in [5.74, 6) is -0.333. The van der Waals surface area contributed by atoms with E-state index in [0.29, 0.717) is 18.8 Å². The molecule has 3 rings (SSSR count). The van der Waals surface area contributed by atoms with Gasteiger partial charge in [-0.2, -0.15) is 0 Å². The van der Waals surface area contributed by atoms with Gasteiger partial charge in [0.15, 0.2) is 0 Å². The summed E-state index contributed by atoms with van der Waals surface area (Å²) >= 11 is 0. The van der Waals surface area contributed by atoms with Crippen molar-refractivity contribution in [3.63, 3.8) is 0 Å². The van der Waals surface area contributed by atoms with Gasteiger partial charge in [0, 0.05) is 31.9 Å². The van der Waals surface area contributed by atoms with Gasteiger partial charge in [-0.3, -0.25) is 4.90 Å². The SMILES string of the molecule is O=C(NCC1CN(Cc2ccccc2)CCO1)Nc1ccc(F)cc1. The van der Waals surface area contributed by atoms with Crippen molar-refractivity contribution >= 4 is 11.7 Å². The van der Waals surface area contributed by atoms with Gasteiger partial charge in [0.25, 0.3) is 0 Å². The lowest BCUT2D eigenvalue weighted by atomic mass is 10.2. The van der Waals surface area contributed by atoms with E-state index in [-0.39, 0.29) is 18.0 Å². The summed E-state index contributed by atoms with van der Waals surface area (Å²) in [6, 6.07) is 15.6. The van der Waals surface area contributed by atoms with E-state index >= 15 is 0 Å². The average molecular weight is 343 g/mol. The number of morpholine rings is 1. The second kappa shape index (κ2) is 8.60. The maximum absolute atomic E-state index is 12.9. The number of urea groups is 1. The van der Waals surface area contributed by atoms with Crippen LogP contribution in [-0.2, 0) is 11.3 Å². The number of carbonyl (C=O) groups excluding carboxylic acids is 1. The molecule has 2 amide bonds. The van der Waals surface area contributed by atoms with Crippen molar-refractivity contribution in [2.45, 2.75) is 12.6 Å². The van der Waals surface area contributed by atoms with Gasteiger partial charge < -0.3 is 15.4 Å². The Balaban J connectivity index is 1.43. The molecule has 1 unspecified atom stereocenters. The lowest BCUT2D eigenvalue weighted by Gasteiger charge is -2.33. The molecule has 0 radical (unpaired) electrons. The summed E-state index contributed by atoms with van der Waals surface area (Å²) in [7, 11) is 0. The van der Waals surface area contributed by atoms with Gasteiger partial charge in [0.1, 0.15) is 5.82 Å². The Kier molecular flexibility index (Phi) is 5.98. The number of benzene rings is 2. The molecule has 1 saturated heterocycles. The molecule has 1 aliphatic heterocycles. The molecule has 1 atom stereocenters. The van der Waals surface area contributed by atoms with Crippen LogP contribution in [0.15, 0.2) is 54.6 Å². The third-order valence-corrected chi connectivity index (χ3v) is 4.06. The van der Waals surface area contributed by atoms with Crippen LogP contribution < -0.4 is 10.6 Å². The van der Waals surface area contributed by atoms with Crippen molar-refractivity contribution in [3.8, 4) is 0 Å². The molecule has 0 aliphatic carbocycles. The molecule has 0 spiro atoms. The van der Waals surface area contributed by atoms with Crippen molar-refractivity contribution in [3.05, 3.63) is 66.0 Å². The largest absolute Gasteiger partial charge is 0.374 e. The van der Waals surface area contributed by atoms with Gasteiger partial charge in [-0.1, -0.05) is 30.3 Å². The third-order valence-electron chi connectivity index (χ3n) is 4.06. The van der Waals surface area contributed by atoms with Crippen LogP contribution in [0.1, 0.15) is 5.56 Å². The van der Waals surface area contributed by atoms with Crippen molar-refractivity contribution in [2.24, 2.45) is 0 Å². The zero-order chi connectivity index (χ0) is 17.5. The Labute approximate surface area is 146 Å². The van der Waals surface area contributed by atoms with Crippen molar-refractivity contribution in [2.75, 3.05) is 31.6 Å². The van der Waals surface area contributed by atoms with Crippen molar-refractivity contribution in [1.82, 2.24) is 10.2 Å². The maximum Gasteiger partial charge on any atom is 0.319 e. The fraction of sp³-hybridized carbons (Fsp3) is 0.316. The van der Waals surface area contributed by atoms with Crippen LogP contribution in [-0.4, -0.2) is 43.3 Å². The molecule has 2 aromatic rings. The molecule has 1 fully saturated rings. The minimum Gasteiger partial charge on any atom is -0.374 e. The number of ether oxygens (including phenoxy) is 1. The van der Waals surface area contributed by atoms with Crippen LogP contribution in [0.4, 0.5) is 14.9 Å². The highest BCUT2D eigenvalue weighted by molar-refractivity contribution is 5.89. The highest BCUT2D eigenvalue weighted by Crippen LogP contribution is 2.11. The van der Waals surface area contributed by atoms with E-state index in [1.54, 1.807) is 0 Å². The van der Waals surface area contributed by atoms with Crippen LogP contribution in [0.25, 0.3) is 0 Å². The van der Waals surface area contributed by atoms with E-state index in [9.17, 15) is 9.18 Å². The topological polar surface area (TPSA) is 53.6 Å². The smallest absolute Gasteiger partial charge is 0.319 e. The molecule has 5 nitrogen and oxygen atoms in total. The molecule has 0 saturated carbocycles. The Morgan fingerprint density at radius 1 is 1.16 bits per heavy atom. The molecule has 132 valence electrons. The maximum atomic E-state index is 12.9. The highest BCUT2D eigenvalue weighted by Gasteiger charge is 2.21. The number of nitrogens with zero attached hydrogens (tertiary/aromatic N) is 1. The van der Waals surface area contributed by atoms with Gasteiger partial charge in [0.2, 0.25) is 0 Å². The molecule has 1 aliphatic rings. The van der Waals surface area contributed by atoms with Crippen LogP contribution >= 0.6 is 0 Å². The van der Waals surface area contributed by atoms with E-state index in [1.807, 2.05) is 18.2 Å². The number of nitrogens with one attached hydrogen (secondary N) is 2. The molecular weight excluding hydrogens is 321 g/mol. The zero-order valence-corrected chi connectivity index (χ0v) is 14.0. The fourth-order valence-corrected chi connectivity index (χ4v) is 2.80. The molecule has 2 N–H and O–H groups in total. The number of hydrogen-bond donors (Lipinski definition) is 2. The Hall–Kier alpha value is -2.44. The normalized spacial score (nSPS) is 17.9. The Morgan fingerprint density at radius 3 is 2.68 bits per heavy atom. The summed E-state index contributed by atoms with van der Waals surface area (Å²) < 4.78 is 18.6. The number of anilines is 1. The standard InChI is InChI=1S/C19H22FN3O2/c20-16-6-8-17(9-7-16)22-19(24)21-12-18-14-23(10-11-25-18)13-15-4-2-1-3-5-15/h1-9,18H,10-14H2,(H2,21,22,24). The van der Waals surface area contributed by atoms with Crippen LogP contribution in [0.3, 0.4) is 0 Å². The van der Waals surface area contributed by atoms with Gasteiger partial charge in [0.05, 0.1) is 12.7 Å². The Morgan fingerprint density at radius 2 is 1.92 bits per heavy atom. The summed E-state index contributed by atoms with van der Waals surface area (Å²) in [5.41, 5.74) is 1.82. The molecule has 0 bridgehead atoms. The lowest BCUT2D eigenvalue weighted by molar-refractivity contribution is -0.0285. The second-order valence-electron chi connectivity index (χ2n) is 6.06. The summed E-state index contributed by atoms with van der Waals surface area (Å²) in [6.07, 6.45) is -0.0450. The van der Waals surface area contributed by atoms with Gasteiger partial charge in [-0.15, -0.1) is 0 Å². The lowest BCUT2D eigenvalue weighted by Crippen LogP contribution is -2.47. The van der Waals surface area contributed by atoms with E-state index in [4.69, 9.17) is 4.74 Å². The van der Waals surface area contributed by atoms with E-state index in [1.165, 1.54) is 29.8 Å². The van der Waals surface area contributed by atoms with E-state index < -0.39 is 0 Å². The number of halogens is 1. The molecule has 0 aromatic heterocycles. The van der Waals surface area contributed by atoms with Gasteiger partial charge >= 0.3 is 6.03 Å².